The second kappa shape index (κ2) is 7.56. The van der Waals surface area contributed by atoms with E-state index in [-0.39, 0.29) is 17.6 Å². The monoisotopic (exact) mass is 362 g/mol. The highest BCUT2D eigenvalue weighted by atomic mass is 32.1. The lowest BCUT2D eigenvalue weighted by molar-refractivity contribution is 0.0937. The predicted molar refractivity (Wildman–Crippen MR) is 99.2 cm³/mol. The van der Waals surface area contributed by atoms with Gasteiger partial charge in [0.1, 0.15) is 5.82 Å². The van der Waals surface area contributed by atoms with E-state index in [2.05, 4.69) is 24.3 Å². The number of nitrogens with one attached hydrogen (secondary N) is 1. The van der Waals surface area contributed by atoms with Gasteiger partial charge in [0.05, 0.1) is 4.88 Å². The van der Waals surface area contributed by atoms with E-state index in [1.54, 1.807) is 9.25 Å². The van der Waals surface area contributed by atoms with Crippen LogP contribution in [0.25, 0.3) is 0 Å². The number of amides is 1. The fraction of sp³-hybridized carbons (Fsp3) is 0.611. The molecule has 0 aliphatic carbocycles. The van der Waals surface area contributed by atoms with Gasteiger partial charge < -0.3 is 5.32 Å². The molecule has 0 aromatic carbocycles. The summed E-state index contributed by atoms with van der Waals surface area (Å²) >= 11 is 1.51. The largest absolute Gasteiger partial charge is 0.349 e. The van der Waals surface area contributed by atoms with Crippen molar-refractivity contribution in [2.24, 2.45) is 5.92 Å². The lowest BCUT2D eigenvalue weighted by Crippen LogP contribution is -2.35. The summed E-state index contributed by atoms with van der Waals surface area (Å²) in [6.45, 7) is 7.58. The minimum Gasteiger partial charge on any atom is -0.349 e. The Labute approximate surface area is 151 Å². The highest BCUT2D eigenvalue weighted by Gasteiger charge is 2.22. The fourth-order valence-electron chi connectivity index (χ4n) is 3.11. The zero-order valence-electron chi connectivity index (χ0n) is 15.1. The van der Waals surface area contributed by atoms with Gasteiger partial charge in [-0.1, -0.05) is 13.8 Å². The van der Waals surface area contributed by atoms with Crippen molar-refractivity contribution >= 4 is 17.2 Å². The Morgan fingerprint density at radius 3 is 2.88 bits per heavy atom. The minimum absolute atomic E-state index is 0.0167. The molecule has 7 heteroatoms. The van der Waals surface area contributed by atoms with Gasteiger partial charge in [-0.2, -0.15) is 5.10 Å². The summed E-state index contributed by atoms with van der Waals surface area (Å²) < 4.78 is 3.38. The lowest BCUT2D eigenvalue weighted by Gasteiger charge is -2.15. The number of hydrogen-bond acceptors (Lipinski definition) is 4. The Kier molecular flexibility index (Phi) is 5.42. The predicted octanol–water partition coefficient (Wildman–Crippen LogP) is 2.60. The first-order chi connectivity index (χ1) is 11.9. The third-order valence-corrected chi connectivity index (χ3v) is 5.63. The Morgan fingerprint density at radius 1 is 1.40 bits per heavy atom. The summed E-state index contributed by atoms with van der Waals surface area (Å²) in [5.41, 5.74) is -0.0171. The molecule has 0 saturated carbocycles. The molecule has 1 aliphatic heterocycles. The van der Waals surface area contributed by atoms with Crippen LogP contribution in [0, 0.1) is 12.8 Å². The van der Waals surface area contributed by atoms with Crippen molar-refractivity contribution in [1.82, 2.24) is 19.7 Å². The highest BCUT2D eigenvalue weighted by molar-refractivity contribution is 7.13. The second-order valence-corrected chi connectivity index (χ2v) is 8.45. The van der Waals surface area contributed by atoms with Gasteiger partial charge in [0, 0.05) is 30.4 Å². The number of thiophene rings is 1. The standard InChI is InChI=1S/C18H26N4O2S/c1-12(2)8-11-22-18(24)21-10-9-14(5-7-16(21)20-22)19-17(23)15-6-4-13(3)25-15/h4,6,12,14H,5,7-11H2,1-3H3,(H,19,23). The van der Waals surface area contributed by atoms with E-state index in [1.165, 1.54) is 11.3 Å². The zero-order valence-corrected chi connectivity index (χ0v) is 15.9. The number of aromatic nitrogens is 3. The van der Waals surface area contributed by atoms with Gasteiger partial charge in [0.25, 0.3) is 5.91 Å². The van der Waals surface area contributed by atoms with Crippen molar-refractivity contribution in [3.05, 3.63) is 38.2 Å². The van der Waals surface area contributed by atoms with E-state index in [4.69, 9.17) is 0 Å². The molecule has 0 saturated heterocycles. The molecule has 136 valence electrons. The van der Waals surface area contributed by atoms with Gasteiger partial charge >= 0.3 is 5.69 Å². The van der Waals surface area contributed by atoms with Gasteiger partial charge in [0.2, 0.25) is 0 Å². The summed E-state index contributed by atoms with van der Waals surface area (Å²) in [5, 5.41) is 7.62. The van der Waals surface area contributed by atoms with Crippen molar-refractivity contribution in [2.45, 2.75) is 65.6 Å². The van der Waals surface area contributed by atoms with Crippen molar-refractivity contribution in [2.75, 3.05) is 0 Å². The lowest BCUT2D eigenvalue weighted by atomic mass is 10.1. The first-order valence-electron chi connectivity index (χ1n) is 8.98. The number of nitrogens with zero attached hydrogens (tertiary/aromatic N) is 3. The van der Waals surface area contributed by atoms with Crippen LogP contribution < -0.4 is 11.0 Å². The molecular formula is C18H26N4O2S. The zero-order chi connectivity index (χ0) is 18.0. The maximum Gasteiger partial charge on any atom is 0.345 e. The summed E-state index contributed by atoms with van der Waals surface area (Å²) in [7, 11) is 0. The SMILES string of the molecule is Cc1ccc(C(=O)NC2CCc3nn(CCC(C)C)c(=O)n3CC2)s1. The number of carbonyl (C=O) groups excluding carboxylic acids is 1. The molecule has 1 aliphatic rings. The van der Waals surface area contributed by atoms with Crippen LogP contribution in [-0.4, -0.2) is 26.3 Å². The quantitative estimate of drug-likeness (QED) is 0.889. The molecule has 0 bridgehead atoms. The number of hydrogen-bond donors (Lipinski definition) is 1. The Bertz CT molecular complexity index is 802. The number of rotatable bonds is 5. The van der Waals surface area contributed by atoms with Gasteiger partial charge in [-0.25, -0.2) is 9.48 Å². The van der Waals surface area contributed by atoms with Crippen molar-refractivity contribution in [3.63, 3.8) is 0 Å². The molecule has 1 atom stereocenters. The third kappa shape index (κ3) is 4.21. The van der Waals surface area contributed by atoms with Gasteiger partial charge in [0.15, 0.2) is 0 Å². The molecule has 2 aromatic rings. The first kappa shape index (κ1) is 17.9. The Hall–Kier alpha value is -1.89. The second-order valence-electron chi connectivity index (χ2n) is 7.16. The van der Waals surface area contributed by atoms with Gasteiger partial charge in [-0.05, 0) is 44.2 Å². The van der Waals surface area contributed by atoms with Crippen molar-refractivity contribution < 1.29 is 4.79 Å². The van der Waals surface area contributed by atoms with Crippen LogP contribution in [-0.2, 0) is 19.5 Å². The molecule has 1 N–H and O–H groups in total. The molecule has 3 heterocycles. The molecule has 0 spiro atoms. The maximum absolute atomic E-state index is 12.5. The number of aryl methyl sites for hydroxylation is 3. The van der Waals surface area contributed by atoms with E-state index in [1.807, 2.05) is 19.1 Å². The first-order valence-corrected chi connectivity index (χ1v) is 9.79. The van der Waals surface area contributed by atoms with Crippen LogP contribution >= 0.6 is 11.3 Å². The van der Waals surface area contributed by atoms with E-state index < -0.39 is 0 Å². The molecule has 1 unspecified atom stereocenters. The number of fused-ring (bicyclic) bond motifs is 1. The van der Waals surface area contributed by atoms with Crippen LogP contribution in [0.4, 0.5) is 0 Å². The van der Waals surface area contributed by atoms with Gasteiger partial charge in [-0.3, -0.25) is 9.36 Å². The molecule has 6 nitrogen and oxygen atoms in total. The molecule has 2 aromatic heterocycles. The van der Waals surface area contributed by atoms with Crippen LogP contribution in [0.5, 0.6) is 0 Å². The summed E-state index contributed by atoms with van der Waals surface area (Å²) in [6.07, 6.45) is 3.25. The summed E-state index contributed by atoms with van der Waals surface area (Å²) in [5.74, 6) is 1.38. The average molecular weight is 362 g/mol. The van der Waals surface area contributed by atoms with E-state index in [0.717, 1.165) is 41.3 Å². The number of carbonyl (C=O) groups is 1. The Morgan fingerprint density at radius 2 is 2.20 bits per heavy atom. The van der Waals surface area contributed by atoms with Crippen LogP contribution in [0.1, 0.15) is 53.5 Å². The summed E-state index contributed by atoms with van der Waals surface area (Å²) in [6, 6.07) is 3.91. The van der Waals surface area contributed by atoms with Crippen LogP contribution in [0.2, 0.25) is 0 Å². The minimum atomic E-state index is -0.0171. The summed E-state index contributed by atoms with van der Waals surface area (Å²) in [4.78, 5) is 26.7. The molecule has 0 radical (unpaired) electrons. The average Bonchev–Trinajstić information content (AvgIpc) is 3.05. The normalized spacial score (nSPS) is 17.4. The topological polar surface area (TPSA) is 68.9 Å². The molecule has 3 rings (SSSR count). The third-order valence-electron chi connectivity index (χ3n) is 4.63. The van der Waals surface area contributed by atoms with Gasteiger partial charge in [-0.15, -0.1) is 11.3 Å². The Balaban J connectivity index is 1.63. The molecular weight excluding hydrogens is 336 g/mol. The molecule has 1 amide bonds. The van der Waals surface area contributed by atoms with Crippen molar-refractivity contribution in [1.29, 1.82) is 0 Å². The van der Waals surface area contributed by atoms with Crippen LogP contribution in [0.15, 0.2) is 16.9 Å². The fourth-order valence-corrected chi connectivity index (χ4v) is 3.88. The van der Waals surface area contributed by atoms with E-state index in [9.17, 15) is 9.59 Å². The maximum atomic E-state index is 12.5. The highest BCUT2D eigenvalue weighted by Crippen LogP contribution is 2.17. The van der Waals surface area contributed by atoms with E-state index >= 15 is 0 Å². The van der Waals surface area contributed by atoms with Crippen LogP contribution in [0.3, 0.4) is 0 Å². The molecule has 0 fully saturated rings. The smallest absolute Gasteiger partial charge is 0.345 e. The molecule has 25 heavy (non-hydrogen) atoms. The van der Waals surface area contributed by atoms with Crippen molar-refractivity contribution in [3.8, 4) is 0 Å². The van der Waals surface area contributed by atoms with E-state index in [0.29, 0.717) is 19.0 Å².